The van der Waals surface area contributed by atoms with Gasteiger partial charge in [-0.25, -0.2) is 13.2 Å². The molecule has 0 atom stereocenters. The van der Waals surface area contributed by atoms with Crippen LogP contribution < -0.4 is 9.64 Å². The molecule has 2 aliphatic rings. The maximum atomic E-state index is 13.3. The fourth-order valence-electron chi connectivity index (χ4n) is 3.17. The maximum absolute atomic E-state index is 13.3. The van der Waals surface area contributed by atoms with Gasteiger partial charge in [0.25, 0.3) is 0 Å². The Kier molecular flexibility index (Phi) is 4.12. The molecule has 1 heterocycles. The molecule has 0 unspecified atom stereocenters. The van der Waals surface area contributed by atoms with Crippen molar-refractivity contribution in [3.63, 3.8) is 0 Å². The van der Waals surface area contributed by atoms with Crippen molar-refractivity contribution in [3.05, 3.63) is 24.0 Å². The molecule has 0 aromatic heterocycles. The van der Waals surface area contributed by atoms with Gasteiger partial charge in [0, 0.05) is 51.0 Å². The van der Waals surface area contributed by atoms with E-state index in [1.807, 2.05) is 4.90 Å². The highest BCUT2D eigenvalue weighted by atomic mass is 19.3. The molecule has 1 aromatic rings. The van der Waals surface area contributed by atoms with Gasteiger partial charge in [0.05, 0.1) is 12.8 Å². The molecule has 126 valence electrons. The molecule has 0 radical (unpaired) electrons. The number of halogens is 3. The Bertz CT molecular complexity index is 593. The Morgan fingerprint density at radius 3 is 2.43 bits per heavy atom. The largest absolute Gasteiger partial charge is 0.494 e. The van der Waals surface area contributed by atoms with Crippen LogP contribution in [0, 0.1) is 11.7 Å². The summed E-state index contributed by atoms with van der Waals surface area (Å²) in [6.07, 6.45) is -0.671. The van der Waals surface area contributed by atoms with E-state index in [9.17, 15) is 18.0 Å². The van der Waals surface area contributed by atoms with Crippen molar-refractivity contribution in [1.29, 1.82) is 0 Å². The predicted octanol–water partition coefficient (Wildman–Crippen LogP) is 2.53. The number of hydrogen-bond donors (Lipinski definition) is 0. The molecule has 7 heteroatoms. The molecule has 1 saturated heterocycles. The summed E-state index contributed by atoms with van der Waals surface area (Å²) >= 11 is 0. The average Bonchev–Trinajstić information content (AvgIpc) is 2.52. The van der Waals surface area contributed by atoms with Crippen LogP contribution in [-0.4, -0.2) is 50.0 Å². The zero-order valence-corrected chi connectivity index (χ0v) is 12.9. The van der Waals surface area contributed by atoms with Crippen LogP contribution in [0.25, 0.3) is 0 Å². The van der Waals surface area contributed by atoms with Crippen molar-refractivity contribution in [1.82, 2.24) is 4.90 Å². The zero-order chi connectivity index (χ0) is 16.6. The molecular formula is C16H19F3N2O2. The molecule has 23 heavy (non-hydrogen) atoms. The standard InChI is InChI=1S/C16H19F3N2O2/c1-23-14-8-12(17)2-3-13(14)20-4-6-21(7-5-20)15(22)11-9-16(18,19)10-11/h2-3,8,11H,4-7,9-10H2,1H3. The molecule has 1 aliphatic heterocycles. The summed E-state index contributed by atoms with van der Waals surface area (Å²) in [4.78, 5) is 15.8. The van der Waals surface area contributed by atoms with Gasteiger partial charge in [0.1, 0.15) is 11.6 Å². The monoisotopic (exact) mass is 328 g/mol. The van der Waals surface area contributed by atoms with Crippen LogP contribution in [0.2, 0.25) is 0 Å². The average molecular weight is 328 g/mol. The summed E-state index contributed by atoms with van der Waals surface area (Å²) in [5.74, 6) is -3.32. The second-order valence-corrected chi connectivity index (χ2v) is 6.09. The second-order valence-electron chi connectivity index (χ2n) is 6.09. The van der Waals surface area contributed by atoms with Gasteiger partial charge < -0.3 is 14.5 Å². The number of benzene rings is 1. The summed E-state index contributed by atoms with van der Waals surface area (Å²) in [5.41, 5.74) is 0.774. The lowest BCUT2D eigenvalue weighted by Crippen LogP contribution is -2.53. The summed E-state index contributed by atoms with van der Waals surface area (Å²) in [6.45, 7) is 2.08. The molecule has 4 nitrogen and oxygen atoms in total. The Labute approximate surface area is 132 Å². The van der Waals surface area contributed by atoms with Crippen molar-refractivity contribution in [2.24, 2.45) is 5.92 Å². The van der Waals surface area contributed by atoms with Gasteiger partial charge in [0.15, 0.2) is 0 Å². The lowest BCUT2D eigenvalue weighted by Gasteiger charge is -2.41. The maximum Gasteiger partial charge on any atom is 0.249 e. The van der Waals surface area contributed by atoms with E-state index in [4.69, 9.17) is 4.74 Å². The third kappa shape index (κ3) is 3.23. The van der Waals surface area contributed by atoms with Gasteiger partial charge in [-0.15, -0.1) is 0 Å². The number of ether oxygens (including phenoxy) is 1. The molecule has 1 saturated carbocycles. The zero-order valence-electron chi connectivity index (χ0n) is 12.9. The number of alkyl halides is 2. The smallest absolute Gasteiger partial charge is 0.249 e. The number of nitrogens with zero attached hydrogens (tertiary/aromatic N) is 2. The third-order valence-electron chi connectivity index (χ3n) is 4.51. The SMILES string of the molecule is COc1cc(F)ccc1N1CCN(C(=O)C2CC(F)(F)C2)CC1. The van der Waals surface area contributed by atoms with E-state index in [-0.39, 0.29) is 24.6 Å². The first-order valence-electron chi connectivity index (χ1n) is 7.65. The Hall–Kier alpha value is -1.92. The molecule has 1 amide bonds. The van der Waals surface area contributed by atoms with E-state index in [2.05, 4.69) is 0 Å². The van der Waals surface area contributed by atoms with E-state index in [1.54, 1.807) is 11.0 Å². The first-order chi connectivity index (χ1) is 10.9. The predicted molar refractivity (Wildman–Crippen MR) is 79.4 cm³/mol. The molecule has 0 spiro atoms. The summed E-state index contributed by atoms with van der Waals surface area (Å²) in [7, 11) is 1.48. The van der Waals surface area contributed by atoms with Crippen molar-refractivity contribution >= 4 is 11.6 Å². The van der Waals surface area contributed by atoms with Crippen LogP contribution in [0.15, 0.2) is 18.2 Å². The molecule has 1 aromatic carbocycles. The van der Waals surface area contributed by atoms with Crippen LogP contribution in [-0.2, 0) is 4.79 Å². The quantitative estimate of drug-likeness (QED) is 0.855. The van der Waals surface area contributed by atoms with Crippen molar-refractivity contribution in [2.45, 2.75) is 18.8 Å². The van der Waals surface area contributed by atoms with E-state index < -0.39 is 11.8 Å². The van der Waals surface area contributed by atoms with Crippen molar-refractivity contribution < 1.29 is 22.7 Å². The fourth-order valence-corrected chi connectivity index (χ4v) is 3.17. The summed E-state index contributed by atoms with van der Waals surface area (Å²) in [5, 5.41) is 0. The molecular weight excluding hydrogens is 309 g/mol. The van der Waals surface area contributed by atoms with Gasteiger partial charge in [-0.1, -0.05) is 0 Å². The van der Waals surface area contributed by atoms with E-state index in [0.29, 0.717) is 31.9 Å². The van der Waals surface area contributed by atoms with Crippen molar-refractivity contribution in [2.75, 3.05) is 38.2 Å². The van der Waals surface area contributed by atoms with Gasteiger partial charge in [-0.2, -0.15) is 0 Å². The second kappa shape index (κ2) is 5.94. The molecule has 1 aliphatic carbocycles. The molecule has 0 N–H and O–H groups in total. The van der Waals surface area contributed by atoms with Crippen LogP contribution in [0.4, 0.5) is 18.9 Å². The highest BCUT2D eigenvalue weighted by Gasteiger charge is 2.49. The minimum Gasteiger partial charge on any atom is -0.494 e. The Morgan fingerprint density at radius 2 is 1.87 bits per heavy atom. The first-order valence-corrected chi connectivity index (χ1v) is 7.65. The number of piperazine rings is 1. The topological polar surface area (TPSA) is 32.8 Å². The number of hydrogen-bond acceptors (Lipinski definition) is 3. The van der Waals surface area contributed by atoms with Crippen LogP contribution in [0.3, 0.4) is 0 Å². The fraction of sp³-hybridized carbons (Fsp3) is 0.562. The normalized spacial score (nSPS) is 21.0. The number of amides is 1. The number of rotatable bonds is 3. The summed E-state index contributed by atoms with van der Waals surface area (Å²) < 4.78 is 44.2. The number of anilines is 1. The Morgan fingerprint density at radius 1 is 1.22 bits per heavy atom. The van der Waals surface area contributed by atoms with Crippen LogP contribution in [0.1, 0.15) is 12.8 Å². The van der Waals surface area contributed by atoms with E-state index in [1.165, 1.54) is 19.2 Å². The molecule has 3 rings (SSSR count). The van der Waals surface area contributed by atoms with Gasteiger partial charge in [-0.3, -0.25) is 4.79 Å². The minimum absolute atomic E-state index is 0.179. The highest BCUT2D eigenvalue weighted by Crippen LogP contribution is 2.43. The third-order valence-corrected chi connectivity index (χ3v) is 4.51. The lowest BCUT2D eigenvalue weighted by molar-refractivity contribution is -0.160. The number of methoxy groups -OCH3 is 1. The van der Waals surface area contributed by atoms with Crippen LogP contribution >= 0.6 is 0 Å². The molecule has 2 fully saturated rings. The first kappa shape index (κ1) is 16.0. The van der Waals surface area contributed by atoms with E-state index >= 15 is 0 Å². The lowest BCUT2D eigenvalue weighted by atomic mass is 9.80. The van der Waals surface area contributed by atoms with Crippen LogP contribution in [0.5, 0.6) is 5.75 Å². The number of carbonyl (C=O) groups is 1. The minimum atomic E-state index is -2.68. The van der Waals surface area contributed by atoms with Gasteiger partial charge in [-0.05, 0) is 12.1 Å². The van der Waals surface area contributed by atoms with Gasteiger partial charge in [0.2, 0.25) is 11.8 Å². The Balaban J connectivity index is 1.59. The molecule has 0 bridgehead atoms. The van der Waals surface area contributed by atoms with Crippen molar-refractivity contribution in [3.8, 4) is 5.75 Å². The summed E-state index contributed by atoms with van der Waals surface area (Å²) in [6, 6.07) is 4.34. The number of carbonyl (C=O) groups excluding carboxylic acids is 1. The van der Waals surface area contributed by atoms with Gasteiger partial charge >= 0.3 is 0 Å². The van der Waals surface area contributed by atoms with E-state index in [0.717, 1.165) is 5.69 Å². The highest BCUT2D eigenvalue weighted by molar-refractivity contribution is 5.80.